The van der Waals surface area contributed by atoms with Crippen LogP contribution in [-0.2, 0) is 7.05 Å². The molecule has 0 fully saturated rings. The Morgan fingerprint density at radius 1 is 1.12 bits per heavy atom. The summed E-state index contributed by atoms with van der Waals surface area (Å²) < 4.78 is 1.93. The van der Waals surface area contributed by atoms with Gasteiger partial charge in [-0.3, -0.25) is 4.79 Å². The Labute approximate surface area is 142 Å². The van der Waals surface area contributed by atoms with E-state index in [0.29, 0.717) is 24.2 Å². The van der Waals surface area contributed by atoms with E-state index < -0.39 is 0 Å². The first-order chi connectivity index (χ1) is 11.6. The molecule has 0 spiro atoms. The van der Waals surface area contributed by atoms with E-state index in [2.05, 4.69) is 4.98 Å². The lowest BCUT2D eigenvalue weighted by molar-refractivity contribution is 0.0774. The average Bonchev–Trinajstić information content (AvgIpc) is 2.90. The van der Waals surface area contributed by atoms with Gasteiger partial charge in [-0.1, -0.05) is 30.3 Å². The fourth-order valence-corrected chi connectivity index (χ4v) is 2.86. The Bertz CT molecular complexity index is 879. The number of hydrogen-bond acceptors (Lipinski definition) is 3. The fourth-order valence-electron chi connectivity index (χ4n) is 2.86. The smallest absolute Gasteiger partial charge is 0.256 e. The summed E-state index contributed by atoms with van der Waals surface area (Å²) in [6.45, 7) is 7.25. The summed E-state index contributed by atoms with van der Waals surface area (Å²) in [5, 5.41) is 0. The molecule has 24 heavy (non-hydrogen) atoms. The predicted octanol–water partition coefficient (Wildman–Crippen LogP) is 3.43. The Morgan fingerprint density at radius 2 is 1.79 bits per heavy atom. The van der Waals surface area contributed by atoms with Crippen LogP contribution >= 0.6 is 0 Å². The molecule has 5 heteroatoms. The minimum absolute atomic E-state index is 0.00248. The molecule has 3 aromatic rings. The number of nitrogens with zero attached hydrogens (tertiary/aromatic N) is 4. The second-order valence-electron chi connectivity index (χ2n) is 5.79. The highest BCUT2D eigenvalue weighted by Gasteiger charge is 2.21. The number of pyridine rings is 1. The SMILES string of the molecule is CCN(CC)C(=O)c1cc(-c2ccccc2)nc2c1nc(C)n2C. The zero-order valence-corrected chi connectivity index (χ0v) is 14.6. The molecular formula is C19H22N4O. The molecule has 0 aliphatic carbocycles. The summed E-state index contributed by atoms with van der Waals surface area (Å²) in [6, 6.07) is 11.8. The first-order valence-corrected chi connectivity index (χ1v) is 8.25. The van der Waals surface area contributed by atoms with Crippen LogP contribution in [0.15, 0.2) is 36.4 Å². The van der Waals surface area contributed by atoms with E-state index in [-0.39, 0.29) is 5.91 Å². The molecule has 2 aromatic heterocycles. The van der Waals surface area contributed by atoms with Gasteiger partial charge in [0.25, 0.3) is 5.91 Å². The van der Waals surface area contributed by atoms with Crippen molar-refractivity contribution >= 4 is 17.1 Å². The second kappa shape index (κ2) is 6.43. The molecule has 5 nitrogen and oxygen atoms in total. The molecule has 0 radical (unpaired) electrons. The predicted molar refractivity (Wildman–Crippen MR) is 95.9 cm³/mol. The Balaban J connectivity index is 2.26. The third-order valence-corrected chi connectivity index (χ3v) is 4.40. The zero-order chi connectivity index (χ0) is 17.3. The van der Waals surface area contributed by atoms with E-state index in [1.165, 1.54) is 0 Å². The Hall–Kier alpha value is -2.69. The van der Waals surface area contributed by atoms with Crippen LogP contribution in [0.3, 0.4) is 0 Å². The summed E-state index contributed by atoms with van der Waals surface area (Å²) in [5.41, 5.74) is 3.82. The topological polar surface area (TPSA) is 51.0 Å². The monoisotopic (exact) mass is 322 g/mol. The first kappa shape index (κ1) is 16.2. The van der Waals surface area contributed by atoms with Crippen LogP contribution in [0.25, 0.3) is 22.4 Å². The van der Waals surface area contributed by atoms with Crippen LogP contribution in [0.2, 0.25) is 0 Å². The lowest BCUT2D eigenvalue weighted by Crippen LogP contribution is -2.30. The lowest BCUT2D eigenvalue weighted by atomic mass is 10.1. The lowest BCUT2D eigenvalue weighted by Gasteiger charge is -2.19. The quantitative estimate of drug-likeness (QED) is 0.739. The standard InChI is InChI=1S/C19H22N4O/c1-5-23(6-2)19(24)15-12-16(14-10-8-7-9-11-14)21-18-17(15)20-13(3)22(18)4/h7-12H,5-6H2,1-4H3. The number of aromatic nitrogens is 3. The molecule has 1 aromatic carbocycles. The second-order valence-corrected chi connectivity index (χ2v) is 5.79. The zero-order valence-electron chi connectivity index (χ0n) is 14.6. The van der Waals surface area contributed by atoms with E-state index in [4.69, 9.17) is 4.98 Å². The van der Waals surface area contributed by atoms with Gasteiger partial charge >= 0.3 is 0 Å². The molecule has 3 rings (SSSR count). The van der Waals surface area contributed by atoms with Crippen molar-refractivity contribution in [1.29, 1.82) is 0 Å². The van der Waals surface area contributed by atoms with Crippen molar-refractivity contribution in [2.24, 2.45) is 7.05 Å². The molecule has 0 saturated heterocycles. The summed E-state index contributed by atoms with van der Waals surface area (Å²) in [6.07, 6.45) is 0. The molecule has 0 unspecified atom stereocenters. The highest BCUT2D eigenvalue weighted by atomic mass is 16.2. The minimum Gasteiger partial charge on any atom is -0.339 e. The summed E-state index contributed by atoms with van der Waals surface area (Å²) in [4.78, 5) is 24.1. The average molecular weight is 322 g/mol. The number of amides is 1. The highest BCUT2D eigenvalue weighted by molar-refractivity contribution is 6.05. The van der Waals surface area contributed by atoms with E-state index in [1.807, 2.05) is 73.7 Å². The normalized spacial score (nSPS) is 11.0. The van der Waals surface area contributed by atoms with E-state index >= 15 is 0 Å². The van der Waals surface area contributed by atoms with Gasteiger partial charge in [-0.15, -0.1) is 0 Å². The van der Waals surface area contributed by atoms with Crippen molar-refractivity contribution < 1.29 is 4.79 Å². The van der Waals surface area contributed by atoms with Crippen molar-refractivity contribution in [3.05, 3.63) is 47.8 Å². The molecule has 0 N–H and O–H groups in total. The van der Waals surface area contributed by atoms with Crippen LogP contribution in [0, 0.1) is 6.92 Å². The van der Waals surface area contributed by atoms with Crippen LogP contribution in [-0.4, -0.2) is 38.4 Å². The van der Waals surface area contributed by atoms with Crippen molar-refractivity contribution in [3.8, 4) is 11.3 Å². The third-order valence-electron chi connectivity index (χ3n) is 4.40. The van der Waals surface area contributed by atoms with Crippen molar-refractivity contribution in [2.75, 3.05) is 13.1 Å². The van der Waals surface area contributed by atoms with E-state index in [1.54, 1.807) is 0 Å². The molecule has 0 bridgehead atoms. The maximum Gasteiger partial charge on any atom is 0.256 e. The number of rotatable bonds is 4. The molecule has 0 aliphatic heterocycles. The van der Waals surface area contributed by atoms with Gasteiger partial charge in [-0.05, 0) is 26.8 Å². The van der Waals surface area contributed by atoms with Crippen molar-refractivity contribution in [2.45, 2.75) is 20.8 Å². The van der Waals surface area contributed by atoms with Gasteiger partial charge in [-0.25, -0.2) is 9.97 Å². The van der Waals surface area contributed by atoms with Crippen LogP contribution in [0.4, 0.5) is 0 Å². The molecule has 1 amide bonds. The van der Waals surface area contributed by atoms with Gasteiger partial charge in [0.05, 0.1) is 11.3 Å². The Morgan fingerprint density at radius 3 is 2.42 bits per heavy atom. The number of imidazole rings is 1. The number of carbonyl (C=O) groups is 1. The molecule has 124 valence electrons. The van der Waals surface area contributed by atoms with Crippen LogP contribution in [0.5, 0.6) is 0 Å². The fraction of sp³-hybridized carbons (Fsp3) is 0.316. The summed E-state index contributed by atoms with van der Waals surface area (Å²) in [5.74, 6) is 0.846. The Kier molecular flexibility index (Phi) is 4.34. The molecule has 0 aliphatic rings. The van der Waals surface area contributed by atoms with Gasteiger partial charge in [0.1, 0.15) is 11.3 Å². The number of benzene rings is 1. The molecule has 0 saturated carbocycles. The maximum atomic E-state index is 13.0. The van der Waals surface area contributed by atoms with Gasteiger partial charge in [0.15, 0.2) is 5.65 Å². The number of fused-ring (bicyclic) bond motifs is 1. The van der Waals surface area contributed by atoms with Crippen molar-refractivity contribution in [1.82, 2.24) is 19.4 Å². The van der Waals surface area contributed by atoms with Crippen LogP contribution < -0.4 is 0 Å². The van der Waals surface area contributed by atoms with Gasteiger partial charge in [0.2, 0.25) is 0 Å². The summed E-state index contributed by atoms with van der Waals surface area (Å²) >= 11 is 0. The number of carbonyl (C=O) groups excluding carboxylic acids is 1. The maximum absolute atomic E-state index is 13.0. The highest BCUT2D eigenvalue weighted by Crippen LogP contribution is 2.25. The number of hydrogen-bond donors (Lipinski definition) is 0. The minimum atomic E-state index is 0.00248. The first-order valence-electron chi connectivity index (χ1n) is 8.25. The largest absolute Gasteiger partial charge is 0.339 e. The van der Waals surface area contributed by atoms with Crippen LogP contribution in [0.1, 0.15) is 30.0 Å². The van der Waals surface area contributed by atoms with Gasteiger partial charge < -0.3 is 9.47 Å². The summed E-state index contributed by atoms with van der Waals surface area (Å²) in [7, 11) is 1.93. The van der Waals surface area contributed by atoms with E-state index in [9.17, 15) is 4.79 Å². The third kappa shape index (κ3) is 2.66. The van der Waals surface area contributed by atoms with Gasteiger partial charge in [-0.2, -0.15) is 0 Å². The van der Waals surface area contributed by atoms with Crippen molar-refractivity contribution in [3.63, 3.8) is 0 Å². The molecule has 2 heterocycles. The van der Waals surface area contributed by atoms with E-state index in [0.717, 1.165) is 22.7 Å². The number of aryl methyl sites for hydroxylation is 2. The molecular weight excluding hydrogens is 300 g/mol. The molecule has 0 atom stereocenters. The van der Waals surface area contributed by atoms with Gasteiger partial charge in [0, 0.05) is 25.7 Å².